The molecule has 5 nitrogen and oxygen atoms in total. The number of benzene rings is 1. The molecule has 0 spiro atoms. The van der Waals surface area contributed by atoms with Crippen LogP contribution in [0.25, 0.3) is 0 Å². The zero-order valence-electron chi connectivity index (χ0n) is 10.5. The van der Waals surface area contributed by atoms with Gasteiger partial charge in [0.25, 0.3) is 0 Å². The van der Waals surface area contributed by atoms with Crippen LogP contribution in [0.5, 0.6) is 0 Å². The molecule has 2 atom stereocenters. The van der Waals surface area contributed by atoms with Crippen molar-refractivity contribution < 1.29 is 14.7 Å². The molecule has 2 N–H and O–H groups in total. The predicted octanol–water partition coefficient (Wildman–Crippen LogP) is 1.27. The van der Waals surface area contributed by atoms with Gasteiger partial charge in [0.15, 0.2) is 0 Å². The van der Waals surface area contributed by atoms with Crippen LogP contribution in [0.4, 0.5) is 5.69 Å². The molecule has 0 aromatic heterocycles. The van der Waals surface area contributed by atoms with Gasteiger partial charge in [-0.25, -0.2) is 4.79 Å². The third-order valence-electron chi connectivity index (χ3n) is 3.95. The van der Waals surface area contributed by atoms with E-state index in [1.165, 1.54) is 4.90 Å². The van der Waals surface area contributed by atoms with Crippen LogP contribution in [-0.4, -0.2) is 41.0 Å². The number of nitrogens with zero attached hydrogens (tertiary/aromatic N) is 1. The lowest BCUT2D eigenvalue weighted by molar-refractivity contribution is -0.148. The summed E-state index contributed by atoms with van der Waals surface area (Å²) in [5.74, 6) is -1.22. The topological polar surface area (TPSA) is 69.6 Å². The van der Waals surface area contributed by atoms with Crippen molar-refractivity contribution in [2.75, 3.05) is 18.4 Å². The van der Waals surface area contributed by atoms with E-state index >= 15 is 0 Å². The average Bonchev–Trinajstić information content (AvgIpc) is 3.05. The molecule has 0 aliphatic carbocycles. The van der Waals surface area contributed by atoms with Gasteiger partial charge in [-0.3, -0.25) is 4.79 Å². The van der Waals surface area contributed by atoms with Crippen molar-refractivity contribution in [2.45, 2.75) is 24.8 Å². The molecule has 1 saturated heterocycles. The minimum absolute atomic E-state index is 0.0673. The lowest BCUT2D eigenvalue weighted by atomic mass is 9.99. The summed E-state index contributed by atoms with van der Waals surface area (Å²) in [5.41, 5.74) is 1.95. The number of hydrogen-bond donors (Lipinski definition) is 2. The summed E-state index contributed by atoms with van der Waals surface area (Å²) in [6.45, 7) is 1.11. The molecular weight excluding hydrogens is 244 g/mol. The Morgan fingerprint density at radius 1 is 1.32 bits per heavy atom. The van der Waals surface area contributed by atoms with Crippen LogP contribution in [-0.2, 0) is 9.59 Å². The summed E-state index contributed by atoms with van der Waals surface area (Å²) in [6.07, 6.45) is 1.33. The Hall–Kier alpha value is -2.04. The quantitative estimate of drug-likeness (QED) is 0.840. The monoisotopic (exact) mass is 260 g/mol. The minimum Gasteiger partial charge on any atom is -0.480 e. The molecule has 1 aromatic carbocycles. The number of likely N-dealkylation sites (tertiary alicyclic amines) is 1. The molecule has 0 bridgehead atoms. The maximum absolute atomic E-state index is 12.5. The number of nitrogens with one attached hydrogen (secondary N) is 1. The van der Waals surface area contributed by atoms with Crippen molar-refractivity contribution in [3.63, 3.8) is 0 Å². The SMILES string of the molecule is O=C(O)[C@@H]1CCCN1C(=O)C1CNc2ccccc21. The zero-order chi connectivity index (χ0) is 13.4. The number of para-hydroxylation sites is 1. The summed E-state index contributed by atoms with van der Waals surface area (Å²) in [6, 6.07) is 7.06. The number of hydrogen-bond acceptors (Lipinski definition) is 3. The van der Waals surface area contributed by atoms with Gasteiger partial charge in [0.1, 0.15) is 6.04 Å². The number of carboxylic acids is 1. The second kappa shape index (κ2) is 4.57. The van der Waals surface area contributed by atoms with E-state index in [4.69, 9.17) is 5.11 Å². The molecule has 2 aliphatic rings. The van der Waals surface area contributed by atoms with Crippen LogP contribution in [0.2, 0.25) is 0 Å². The summed E-state index contributed by atoms with van der Waals surface area (Å²) < 4.78 is 0. The number of carbonyl (C=O) groups excluding carboxylic acids is 1. The van der Waals surface area contributed by atoms with Gasteiger partial charge in [0.05, 0.1) is 5.92 Å². The van der Waals surface area contributed by atoms with Crippen molar-refractivity contribution in [3.8, 4) is 0 Å². The third kappa shape index (κ3) is 1.95. The van der Waals surface area contributed by atoms with Gasteiger partial charge in [0, 0.05) is 18.8 Å². The molecule has 1 fully saturated rings. The maximum Gasteiger partial charge on any atom is 0.326 e. The number of anilines is 1. The summed E-state index contributed by atoms with van der Waals surface area (Å²) in [4.78, 5) is 25.2. The van der Waals surface area contributed by atoms with Crippen molar-refractivity contribution >= 4 is 17.6 Å². The standard InChI is InChI=1S/C14H16N2O3/c17-13(16-7-3-6-12(16)14(18)19)10-8-15-11-5-2-1-4-9(10)11/h1-2,4-5,10,12,15H,3,6-8H2,(H,18,19)/t10?,12-/m0/s1. The Kier molecular flexibility index (Phi) is 2.89. The molecule has 1 unspecified atom stereocenters. The van der Waals surface area contributed by atoms with Crippen molar-refractivity contribution in [3.05, 3.63) is 29.8 Å². The second-order valence-corrected chi connectivity index (χ2v) is 5.05. The predicted molar refractivity (Wildman–Crippen MR) is 70.0 cm³/mol. The Balaban J connectivity index is 1.84. The van der Waals surface area contributed by atoms with E-state index < -0.39 is 12.0 Å². The normalized spacial score (nSPS) is 24.9. The molecule has 1 amide bonds. The van der Waals surface area contributed by atoms with Crippen LogP contribution >= 0.6 is 0 Å². The van der Waals surface area contributed by atoms with E-state index in [1.54, 1.807) is 0 Å². The van der Waals surface area contributed by atoms with E-state index in [1.807, 2.05) is 24.3 Å². The lowest BCUT2D eigenvalue weighted by Crippen LogP contribution is -2.43. The number of aliphatic carboxylic acids is 1. The van der Waals surface area contributed by atoms with Crippen LogP contribution in [0, 0.1) is 0 Å². The van der Waals surface area contributed by atoms with Gasteiger partial charge in [-0.2, -0.15) is 0 Å². The van der Waals surface area contributed by atoms with E-state index in [0.29, 0.717) is 19.5 Å². The van der Waals surface area contributed by atoms with E-state index in [2.05, 4.69) is 5.32 Å². The first-order chi connectivity index (χ1) is 9.18. The highest BCUT2D eigenvalue weighted by molar-refractivity contribution is 5.91. The smallest absolute Gasteiger partial charge is 0.326 e. The largest absolute Gasteiger partial charge is 0.480 e. The fourth-order valence-electron chi connectivity index (χ4n) is 2.99. The fourth-order valence-corrected chi connectivity index (χ4v) is 2.99. The molecule has 0 saturated carbocycles. The Labute approximate surface area is 111 Å². The van der Waals surface area contributed by atoms with Gasteiger partial charge < -0.3 is 15.3 Å². The van der Waals surface area contributed by atoms with Gasteiger partial charge in [0.2, 0.25) is 5.91 Å². The van der Waals surface area contributed by atoms with E-state index in [0.717, 1.165) is 17.7 Å². The maximum atomic E-state index is 12.5. The van der Waals surface area contributed by atoms with Crippen molar-refractivity contribution in [2.24, 2.45) is 0 Å². The molecular formula is C14H16N2O3. The first-order valence-corrected chi connectivity index (χ1v) is 6.54. The van der Waals surface area contributed by atoms with Crippen LogP contribution in [0.3, 0.4) is 0 Å². The van der Waals surface area contributed by atoms with E-state index in [-0.39, 0.29) is 11.8 Å². The van der Waals surface area contributed by atoms with Crippen LogP contribution < -0.4 is 5.32 Å². The zero-order valence-corrected chi connectivity index (χ0v) is 10.5. The minimum atomic E-state index is -0.898. The molecule has 2 heterocycles. The highest BCUT2D eigenvalue weighted by Crippen LogP contribution is 2.34. The highest BCUT2D eigenvalue weighted by atomic mass is 16.4. The van der Waals surface area contributed by atoms with Gasteiger partial charge in [-0.15, -0.1) is 0 Å². The van der Waals surface area contributed by atoms with Gasteiger partial charge in [-0.05, 0) is 24.5 Å². The number of carboxylic acid groups (broad SMARTS) is 1. The third-order valence-corrected chi connectivity index (χ3v) is 3.95. The lowest BCUT2D eigenvalue weighted by Gasteiger charge is -2.24. The molecule has 5 heteroatoms. The van der Waals surface area contributed by atoms with Crippen molar-refractivity contribution in [1.29, 1.82) is 0 Å². The molecule has 3 rings (SSSR count). The Bertz CT molecular complexity index is 529. The summed E-state index contributed by atoms with van der Waals surface area (Å²) in [7, 11) is 0. The second-order valence-electron chi connectivity index (χ2n) is 5.05. The molecule has 19 heavy (non-hydrogen) atoms. The van der Waals surface area contributed by atoms with Crippen molar-refractivity contribution in [1.82, 2.24) is 4.90 Å². The molecule has 1 aromatic rings. The Morgan fingerprint density at radius 3 is 2.89 bits per heavy atom. The summed E-state index contributed by atoms with van der Waals surface area (Å²) >= 11 is 0. The Morgan fingerprint density at radius 2 is 2.11 bits per heavy atom. The number of rotatable bonds is 2. The molecule has 0 radical (unpaired) electrons. The fraction of sp³-hybridized carbons (Fsp3) is 0.429. The number of carbonyl (C=O) groups is 2. The number of amides is 1. The van der Waals surface area contributed by atoms with Gasteiger partial charge >= 0.3 is 5.97 Å². The van der Waals surface area contributed by atoms with Gasteiger partial charge in [-0.1, -0.05) is 18.2 Å². The first kappa shape index (κ1) is 12.0. The molecule has 2 aliphatic heterocycles. The average molecular weight is 260 g/mol. The van der Waals surface area contributed by atoms with Crippen LogP contribution in [0.15, 0.2) is 24.3 Å². The molecule has 100 valence electrons. The first-order valence-electron chi connectivity index (χ1n) is 6.54. The number of fused-ring (bicyclic) bond motifs is 1. The van der Waals surface area contributed by atoms with E-state index in [9.17, 15) is 9.59 Å². The van der Waals surface area contributed by atoms with Crippen LogP contribution in [0.1, 0.15) is 24.3 Å². The highest BCUT2D eigenvalue weighted by Gasteiger charge is 2.39. The summed E-state index contributed by atoms with van der Waals surface area (Å²) in [5, 5.41) is 12.4.